The molecule has 0 atom stereocenters. The number of likely N-dealkylation sites (N-methyl/N-ethyl adjacent to an activating group) is 1. The number of hydrogen-bond acceptors (Lipinski definition) is 6. The molecule has 4 rings (SSSR count). The molecule has 0 unspecified atom stereocenters. The van der Waals surface area contributed by atoms with E-state index in [9.17, 15) is 4.79 Å². The second-order valence-electron chi connectivity index (χ2n) is 7.34. The van der Waals surface area contributed by atoms with Gasteiger partial charge in [0, 0.05) is 29.9 Å². The van der Waals surface area contributed by atoms with Crippen LogP contribution in [0.5, 0.6) is 0 Å². The second kappa shape index (κ2) is 7.69. The molecule has 1 aliphatic rings. The monoisotopic (exact) mass is 425 g/mol. The largest absolute Gasteiger partial charge is 0.411 e. The van der Waals surface area contributed by atoms with Crippen LogP contribution in [0.15, 0.2) is 69.9 Å². The smallest absolute Gasteiger partial charge is 0.277 e. The van der Waals surface area contributed by atoms with Crippen molar-refractivity contribution < 1.29 is 9.21 Å². The first-order valence-electron chi connectivity index (χ1n) is 9.17. The Morgan fingerprint density at radius 3 is 2.66 bits per heavy atom. The molecular formula is C22H20ClN3O2S. The molecule has 0 bridgehead atoms. The Morgan fingerprint density at radius 1 is 1.17 bits per heavy atom. The summed E-state index contributed by atoms with van der Waals surface area (Å²) in [6, 6.07) is 15.5. The summed E-state index contributed by atoms with van der Waals surface area (Å²) in [4.78, 5) is 14.7. The molecule has 0 saturated heterocycles. The lowest BCUT2D eigenvalue weighted by Crippen LogP contribution is -2.24. The number of anilines is 1. The first kappa shape index (κ1) is 19.7. The standard InChI is InChI=1S/C22H20ClN3O2S/c1-22(2)16-9-5-7-11-18(16)26(3)19(22)12-14(27)13-29-21-25-24-20(28-21)15-8-4-6-10-17(15)23/h4-12H,13H2,1-3H3/b19-12-. The number of carbonyl (C=O) groups excluding carboxylic acids is 1. The fourth-order valence-corrected chi connectivity index (χ4v) is 4.40. The fraction of sp³-hybridized carbons (Fsp3) is 0.227. The zero-order valence-corrected chi connectivity index (χ0v) is 17.9. The zero-order valence-electron chi connectivity index (χ0n) is 16.3. The molecule has 0 aliphatic carbocycles. The van der Waals surface area contributed by atoms with E-state index in [0.717, 1.165) is 11.4 Å². The van der Waals surface area contributed by atoms with Crippen molar-refractivity contribution in [1.82, 2.24) is 10.2 Å². The molecule has 1 aliphatic heterocycles. The van der Waals surface area contributed by atoms with Crippen LogP contribution >= 0.6 is 23.4 Å². The van der Waals surface area contributed by atoms with Crippen molar-refractivity contribution in [3.05, 3.63) is 70.9 Å². The molecule has 7 heteroatoms. The minimum absolute atomic E-state index is 0.00442. The van der Waals surface area contributed by atoms with Gasteiger partial charge in [-0.1, -0.05) is 67.5 Å². The SMILES string of the molecule is CN1/C(=C\C(=O)CSc2nnc(-c3ccccc3Cl)o2)C(C)(C)c2ccccc21. The molecule has 0 spiro atoms. The molecule has 148 valence electrons. The maximum Gasteiger partial charge on any atom is 0.277 e. The predicted octanol–water partition coefficient (Wildman–Crippen LogP) is 5.36. The van der Waals surface area contributed by atoms with Gasteiger partial charge in [0.15, 0.2) is 5.78 Å². The lowest BCUT2D eigenvalue weighted by Gasteiger charge is -2.23. The zero-order chi connectivity index (χ0) is 20.6. The molecule has 3 aromatic rings. The third-order valence-corrected chi connectivity index (χ3v) is 6.26. The summed E-state index contributed by atoms with van der Waals surface area (Å²) in [6.07, 6.45) is 1.72. The molecule has 0 N–H and O–H groups in total. The van der Waals surface area contributed by atoms with Crippen molar-refractivity contribution in [2.24, 2.45) is 0 Å². The topological polar surface area (TPSA) is 59.2 Å². The second-order valence-corrected chi connectivity index (χ2v) is 8.67. The maximum absolute atomic E-state index is 12.7. The lowest BCUT2D eigenvalue weighted by atomic mass is 9.83. The Kier molecular flexibility index (Phi) is 5.23. The Bertz CT molecular complexity index is 1110. The number of allylic oxidation sites excluding steroid dienone is 2. The van der Waals surface area contributed by atoms with E-state index in [-0.39, 0.29) is 17.0 Å². The minimum atomic E-state index is -0.229. The van der Waals surface area contributed by atoms with Crippen LogP contribution in [-0.2, 0) is 10.2 Å². The normalized spacial score (nSPS) is 16.3. The van der Waals surface area contributed by atoms with Gasteiger partial charge in [-0.25, -0.2) is 0 Å². The van der Waals surface area contributed by atoms with E-state index in [1.165, 1.54) is 17.3 Å². The van der Waals surface area contributed by atoms with E-state index in [2.05, 4.69) is 41.1 Å². The average Bonchev–Trinajstić information content (AvgIpc) is 3.25. The number of nitrogens with zero attached hydrogens (tertiary/aromatic N) is 3. The number of thioether (sulfide) groups is 1. The number of hydrogen-bond donors (Lipinski definition) is 0. The molecular weight excluding hydrogens is 406 g/mol. The molecule has 29 heavy (non-hydrogen) atoms. The highest BCUT2D eigenvalue weighted by Gasteiger charge is 2.38. The Balaban J connectivity index is 1.47. The Morgan fingerprint density at radius 2 is 1.90 bits per heavy atom. The van der Waals surface area contributed by atoms with E-state index in [1.807, 2.05) is 37.4 Å². The highest BCUT2D eigenvalue weighted by atomic mass is 35.5. The number of fused-ring (bicyclic) bond motifs is 1. The molecule has 0 saturated carbocycles. The quantitative estimate of drug-likeness (QED) is 0.405. The van der Waals surface area contributed by atoms with Crippen LogP contribution in [0.2, 0.25) is 5.02 Å². The number of rotatable bonds is 5. The number of para-hydroxylation sites is 1. The number of halogens is 1. The van der Waals surface area contributed by atoms with Crippen LogP contribution in [-0.4, -0.2) is 28.8 Å². The van der Waals surface area contributed by atoms with E-state index in [1.54, 1.807) is 12.1 Å². The molecule has 1 aromatic heterocycles. The number of ketones is 1. The van der Waals surface area contributed by atoms with Gasteiger partial charge < -0.3 is 9.32 Å². The summed E-state index contributed by atoms with van der Waals surface area (Å²) in [7, 11) is 1.99. The summed E-state index contributed by atoms with van der Waals surface area (Å²) in [6.45, 7) is 4.27. The van der Waals surface area contributed by atoms with Gasteiger partial charge >= 0.3 is 0 Å². The maximum atomic E-state index is 12.7. The number of carbonyl (C=O) groups is 1. The van der Waals surface area contributed by atoms with Crippen LogP contribution < -0.4 is 4.90 Å². The highest BCUT2D eigenvalue weighted by Crippen LogP contribution is 2.46. The Hall–Kier alpha value is -2.57. The van der Waals surface area contributed by atoms with Gasteiger partial charge in [0.25, 0.3) is 5.22 Å². The van der Waals surface area contributed by atoms with E-state index in [4.69, 9.17) is 16.0 Å². The lowest BCUT2D eigenvalue weighted by molar-refractivity contribution is -0.112. The van der Waals surface area contributed by atoms with Gasteiger partial charge in [0.2, 0.25) is 5.89 Å². The van der Waals surface area contributed by atoms with Gasteiger partial charge in [-0.2, -0.15) is 0 Å². The van der Waals surface area contributed by atoms with Crippen LogP contribution in [0.4, 0.5) is 5.69 Å². The van der Waals surface area contributed by atoms with Crippen LogP contribution in [0.3, 0.4) is 0 Å². The van der Waals surface area contributed by atoms with Crippen molar-refractivity contribution in [3.63, 3.8) is 0 Å². The molecule has 0 radical (unpaired) electrons. The number of benzene rings is 2. The third-order valence-electron chi connectivity index (χ3n) is 5.09. The van der Waals surface area contributed by atoms with E-state index < -0.39 is 0 Å². The first-order valence-corrected chi connectivity index (χ1v) is 10.5. The minimum Gasteiger partial charge on any atom is -0.411 e. The Labute approximate surface area is 178 Å². The van der Waals surface area contributed by atoms with Gasteiger partial charge in [-0.05, 0) is 23.8 Å². The first-order chi connectivity index (χ1) is 13.9. The molecule has 0 amide bonds. The van der Waals surface area contributed by atoms with Gasteiger partial charge in [0.1, 0.15) is 0 Å². The number of aromatic nitrogens is 2. The average molecular weight is 426 g/mol. The predicted molar refractivity (Wildman–Crippen MR) is 116 cm³/mol. The van der Waals surface area contributed by atoms with Crippen molar-refractivity contribution >= 4 is 34.8 Å². The molecule has 0 fully saturated rings. The van der Waals surface area contributed by atoms with Crippen molar-refractivity contribution in [1.29, 1.82) is 0 Å². The van der Waals surface area contributed by atoms with E-state index in [0.29, 0.717) is 21.7 Å². The van der Waals surface area contributed by atoms with Crippen LogP contribution in [0.25, 0.3) is 11.5 Å². The van der Waals surface area contributed by atoms with Crippen LogP contribution in [0, 0.1) is 0 Å². The summed E-state index contributed by atoms with van der Waals surface area (Å²) < 4.78 is 5.66. The summed E-state index contributed by atoms with van der Waals surface area (Å²) in [5, 5.41) is 8.93. The van der Waals surface area contributed by atoms with Gasteiger partial charge in [-0.3, -0.25) is 4.79 Å². The highest BCUT2D eigenvalue weighted by molar-refractivity contribution is 7.99. The van der Waals surface area contributed by atoms with Gasteiger partial charge in [-0.15, -0.1) is 10.2 Å². The van der Waals surface area contributed by atoms with Crippen LogP contribution in [0.1, 0.15) is 19.4 Å². The summed E-state index contributed by atoms with van der Waals surface area (Å²) >= 11 is 7.39. The van der Waals surface area contributed by atoms with Crippen molar-refractivity contribution in [2.75, 3.05) is 17.7 Å². The van der Waals surface area contributed by atoms with Crippen molar-refractivity contribution in [3.8, 4) is 11.5 Å². The van der Waals surface area contributed by atoms with Crippen molar-refractivity contribution in [2.45, 2.75) is 24.5 Å². The molecule has 5 nitrogen and oxygen atoms in total. The fourth-order valence-electron chi connectivity index (χ4n) is 3.60. The van der Waals surface area contributed by atoms with Gasteiger partial charge in [0.05, 0.1) is 16.3 Å². The third kappa shape index (κ3) is 3.70. The summed E-state index contributed by atoms with van der Waals surface area (Å²) in [5.74, 6) is 0.555. The van der Waals surface area contributed by atoms with E-state index >= 15 is 0 Å². The molecule has 2 heterocycles. The molecule has 2 aromatic carbocycles. The summed E-state index contributed by atoms with van der Waals surface area (Å²) in [5.41, 5.74) is 3.77.